The zero-order valence-corrected chi connectivity index (χ0v) is 40.1. The van der Waals surface area contributed by atoms with Gasteiger partial charge in [-0.15, -0.1) is 0 Å². The van der Waals surface area contributed by atoms with E-state index in [4.69, 9.17) is 42.1 Å². The lowest BCUT2D eigenvalue weighted by Gasteiger charge is -2.19. The van der Waals surface area contributed by atoms with E-state index in [9.17, 15) is 30.0 Å². The van der Waals surface area contributed by atoms with Crippen LogP contribution < -0.4 is 29.6 Å². The second-order valence-electron chi connectivity index (χ2n) is 16.4. The van der Waals surface area contributed by atoms with Gasteiger partial charge in [0.2, 0.25) is 0 Å². The minimum absolute atomic E-state index is 0.0398. The molecule has 2 unspecified atom stereocenters. The predicted octanol–water partition coefficient (Wildman–Crippen LogP) is 7.30. The quantitative estimate of drug-likeness (QED) is 0.0310. The van der Waals surface area contributed by atoms with Crippen LogP contribution in [0.15, 0.2) is 108 Å². The van der Waals surface area contributed by atoms with Gasteiger partial charge in [-0.05, 0) is 71.5 Å². The number of aliphatic hydroxyl groups excluding tert-OH is 2. The smallest absolute Gasteiger partial charge is 0.323 e. The van der Waals surface area contributed by atoms with Crippen molar-refractivity contribution in [2.24, 2.45) is 9.98 Å². The molecule has 364 valence electrons. The number of aliphatic imine (C=N–C) groups is 2. The van der Waals surface area contributed by atoms with E-state index in [1.165, 1.54) is 0 Å². The van der Waals surface area contributed by atoms with Crippen LogP contribution in [0.2, 0.25) is 10.0 Å². The van der Waals surface area contributed by atoms with Crippen LogP contribution in [0.3, 0.4) is 0 Å². The number of ether oxygens (including phenoxy) is 4. The van der Waals surface area contributed by atoms with Crippen molar-refractivity contribution >= 4 is 47.1 Å². The molecule has 7 rings (SSSR count). The van der Waals surface area contributed by atoms with Gasteiger partial charge in [0.15, 0.2) is 0 Å². The normalized spacial score (nSPS) is 12.9. The average Bonchev–Trinajstić information content (AvgIpc) is 4.20. The number of aliphatic carboxylic acids is 2. The van der Waals surface area contributed by atoms with Gasteiger partial charge < -0.3 is 39.4 Å². The Morgan fingerprint density at radius 1 is 0.657 bits per heavy atom. The first-order valence-corrected chi connectivity index (χ1v) is 22.9. The fraction of sp³-hybridized carbons (Fsp3) is 0.269. The molecular formula is C52H52Cl2N6O10. The molecule has 4 aromatic carbocycles. The Morgan fingerprint density at radius 3 is 1.59 bits per heavy atom. The van der Waals surface area contributed by atoms with E-state index in [1.807, 2.05) is 62.4 Å². The molecule has 6 aromatic rings. The van der Waals surface area contributed by atoms with E-state index in [1.54, 1.807) is 62.3 Å². The van der Waals surface area contributed by atoms with E-state index in [0.717, 1.165) is 61.3 Å². The molecular weight excluding hydrogens is 940 g/mol. The lowest BCUT2D eigenvalue weighted by atomic mass is 9.92. The predicted molar refractivity (Wildman–Crippen MR) is 266 cm³/mol. The number of pyridine rings is 2. The topological polar surface area (TPSA) is 227 Å². The molecule has 0 saturated heterocycles. The van der Waals surface area contributed by atoms with Crippen LogP contribution in [0, 0.1) is 13.8 Å². The summed E-state index contributed by atoms with van der Waals surface area (Å²) in [6.45, 7) is 4.24. The number of carboxylic acid groups (broad SMARTS) is 2. The molecule has 6 N–H and O–H groups in total. The lowest BCUT2D eigenvalue weighted by molar-refractivity contribution is -0.141. The molecule has 0 bridgehead atoms. The van der Waals surface area contributed by atoms with Gasteiger partial charge in [-0.3, -0.25) is 40.2 Å². The summed E-state index contributed by atoms with van der Waals surface area (Å²) < 4.78 is 25.3. The molecule has 0 spiro atoms. The molecule has 1 aliphatic rings. The second-order valence-corrected chi connectivity index (χ2v) is 17.2. The van der Waals surface area contributed by atoms with Crippen LogP contribution in [0.1, 0.15) is 55.6 Å². The molecule has 0 amide bonds. The molecule has 2 aromatic heterocycles. The van der Waals surface area contributed by atoms with Crippen molar-refractivity contribution in [3.8, 4) is 34.1 Å². The SMILES string of the molecule is CN=Cc1cncc(COc2cc(OCc3cccc(-c4cccc(COc5cc(OCc6cncc(C7=NC7)c6)c(CNC(CO)C(=O)O)cc5Cl)c4C)c3C)c(Cl)cc2CNC(CO)C(=O)O)c1. The van der Waals surface area contributed by atoms with Gasteiger partial charge in [0.1, 0.15) is 61.5 Å². The first-order chi connectivity index (χ1) is 33.8. The number of carboxylic acids is 2. The first kappa shape index (κ1) is 50.9. The highest BCUT2D eigenvalue weighted by Gasteiger charge is 2.21. The Kier molecular flexibility index (Phi) is 17.5. The highest BCUT2D eigenvalue weighted by atomic mass is 35.5. The zero-order chi connectivity index (χ0) is 49.7. The molecule has 0 radical (unpaired) electrons. The number of rotatable bonds is 25. The van der Waals surface area contributed by atoms with E-state index in [-0.39, 0.29) is 49.6 Å². The Balaban J connectivity index is 1.08. The van der Waals surface area contributed by atoms with Crippen LogP contribution in [-0.4, -0.2) is 93.1 Å². The van der Waals surface area contributed by atoms with E-state index in [2.05, 4.69) is 30.6 Å². The maximum atomic E-state index is 11.6. The van der Waals surface area contributed by atoms with Crippen molar-refractivity contribution in [1.82, 2.24) is 20.6 Å². The Hall–Kier alpha value is -6.92. The summed E-state index contributed by atoms with van der Waals surface area (Å²) in [7, 11) is 1.67. The van der Waals surface area contributed by atoms with Crippen molar-refractivity contribution in [1.29, 1.82) is 0 Å². The van der Waals surface area contributed by atoms with E-state index in [0.29, 0.717) is 40.7 Å². The molecule has 70 heavy (non-hydrogen) atoms. The third-order valence-corrected chi connectivity index (χ3v) is 12.1. The summed E-state index contributed by atoms with van der Waals surface area (Å²) in [5, 5.41) is 44.5. The first-order valence-electron chi connectivity index (χ1n) is 22.2. The molecule has 16 nitrogen and oxygen atoms in total. The summed E-state index contributed by atoms with van der Waals surface area (Å²) in [6.07, 6.45) is 8.51. The van der Waals surface area contributed by atoms with Crippen LogP contribution in [0.5, 0.6) is 23.0 Å². The molecule has 2 atom stereocenters. The number of benzene rings is 4. The number of nitrogens with zero attached hydrogens (tertiary/aromatic N) is 4. The Bertz CT molecular complexity index is 2910. The van der Waals surface area contributed by atoms with Crippen molar-refractivity contribution < 1.29 is 49.0 Å². The van der Waals surface area contributed by atoms with Crippen molar-refractivity contribution in [3.63, 3.8) is 0 Å². The number of hydrogen-bond acceptors (Lipinski definition) is 14. The molecule has 0 fully saturated rings. The number of nitrogens with one attached hydrogen (secondary N) is 2. The summed E-state index contributed by atoms with van der Waals surface area (Å²) in [4.78, 5) is 40.2. The monoisotopic (exact) mass is 990 g/mol. The molecule has 0 aliphatic carbocycles. The molecule has 18 heteroatoms. The number of hydrogen-bond donors (Lipinski definition) is 6. The maximum absolute atomic E-state index is 11.6. The van der Waals surface area contributed by atoms with Gasteiger partial charge in [-0.2, -0.15) is 0 Å². The average molecular weight is 992 g/mol. The van der Waals surface area contributed by atoms with Gasteiger partial charge in [0, 0.05) is 96.7 Å². The summed E-state index contributed by atoms with van der Waals surface area (Å²) >= 11 is 13.6. The lowest BCUT2D eigenvalue weighted by Crippen LogP contribution is -2.39. The fourth-order valence-electron chi connectivity index (χ4n) is 7.49. The van der Waals surface area contributed by atoms with Crippen molar-refractivity contribution in [2.45, 2.75) is 65.4 Å². The Morgan fingerprint density at radius 2 is 1.13 bits per heavy atom. The number of aliphatic hydroxyl groups is 2. The van der Waals surface area contributed by atoms with Gasteiger partial charge >= 0.3 is 11.9 Å². The van der Waals surface area contributed by atoms with E-state index < -0.39 is 37.2 Å². The number of aromatic nitrogens is 2. The van der Waals surface area contributed by atoms with Crippen LogP contribution in [0.25, 0.3) is 11.1 Å². The van der Waals surface area contributed by atoms with Crippen LogP contribution in [0.4, 0.5) is 0 Å². The molecule has 1 aliphatic heterocycles. The largest absolute Gasteiger partial charge is 0.488 e. The van der Waals surface area contributed by atoms with Crippen LogP contribution >= 0.6 is 23.2 Å². The third kappa shape index (κ3) is 13.2. The maximum Gasteiger partial charge on any atom is 0.323 e. The minimum atomic E-state index is -1.20. The standard InChI is InChI=1S/C52H52Cl2N6O10/c1-30-35(28-69-49-14-47(67-26-33-10-32(16-55-3)17-56-18-33)38(12-42(49)53)21-58-45(24-61)51(63)64)6-4-8-40(30)41-9-5-7-36(31(41)2)29-70-50-15-48(39(13-43(50)54)22-59-46(25-62)52(65)66)68-27-34-11-37(20-57-19-34)44-23-60-44/h4-20,45-46,58-59,61-62H,21-29H2,1-3H3,(H,63,64)(H,65,66). The number of carbonyl (C=O) groups is 2. The number of halogens is 2. The summed E-state index contributed by atoms with van der Waals surface area (Å²) in [5.41, 5.74) is 11.2. The van der Waals surface area contributed by atoms with Gasteiger partial charge in [-0.1, -0.05) is 59.6 Å². The van der Waals surface area contributed by atoms with Gasteiger partial charge in [0.05, 0.1) is 35.5 Å². The molecule has 3 heterocycles. The van der Waals surface area contributed by atoms with Crippen LogP contribution in [-0.2, 0) is 49.1 Å². The van der Waals surface area contributed by atoms with E-state index >= 15 is 0 Å². The molecule has 0 saturated carbocycles. The fourth-order valence-corrected chi connectivity index (χ4v) is 7.98. The van der Waals surface area contributed by atoms with Gasteiger partial charge in [-0.25, -0.2) is 0 Å². The summed E-state index contributed by atoms with van der Waals surface area (Å²) in [6, 6.07) is 20.1. The third-order valence-electron chi connectivity index (χ3n) is 11.5. The van der Waals surface area contributed by atoms with Crippen molar-refractivity contribution in [3.05, 3.63) is 163 Å². The highest BCUT2D eigenvalue weighted by Crippen LogP contribution is 2.37. The summed E-state index contributed by atoms with van der Waals surface area (Å²) in [5.74, 6) is -0.869. The zero-order valence-electron chi connectivity index (χ0n) is 38.6. The van der Waals surface area contributed by atoms with Gasteiger partial charge in [0.25, 0.3) is 0 Å². The minimum Gasteiger partial charge on any atom is -0.488 e. The van der Waals surface area contributed by atoms with Crippen molar-refractivity contribution in [2.75, 3.05) is 26.8 Å². The Labute approximate surface area is 414 Å². The highest BCUT2D eigenvalue weighted by molar-refractivity contribution is 6.32. The second kappa shape index (κ2) is 24.1.